The molecule has 1 atom stereocenters. The van der Waals surface area contributed by atoms with Gasteiger partial charge in [0.2, 0.25) is 0 Å². The van der Waals surface area contributed by atoms with Crippen molar-refractivity contribution in [2.24, 2.45) is 5.92 Å². The summed E-state index contributed by atoms with van der Waals surface area (Å²) in [4.78, 5) is 17.7. The van der Waals surface area contributed by atoms with E-state index >= 15 is 0 Å². The summed E-state index contributed by atoms with van der Waals surface area (Å²) in [6.07, 6.45) is 5.12. The Hall–Kier alpha value is -1.32. The van der Waals surface area contributed by atoms with Crippen molar-refractivity contribution in [1.29, 1.82) is 0 Å². The van der Waals surface area contributed by atoms with Crippen LogP contribution in [0.1, 0.15) is 37.1 Å². The molecule has 1 aliphatic rings. The number of nitrogens with zero attached hydrogens (tertiary/aromatic N) is 1. The highest BCUT2D eigenvalue weighted by Gasteiger charge is 2.35. The van der Waals surface area contributed by atoms with Crippen LogP contribution in [-0.2, 0) is 16.0 Å². The second-order valence-electron chi connectivity index (χ2n) is 3.99. The average Bonchev–Trinajstić information content (AvgIpc) is 2.97. The van der Waals surface area contributed by atoms with E-state index in [0.717, 1.165) is 12.1 Å². The number of aromatic amines is 1. The number of rotatable bonds is 6. The van der Waals surface area contributed by atoms with Crippen molar-refractivity contribution < 1.29 is 9.53 Å². The first kappa shape index (κ1) is 10.2. The summed E-state index contributed by atoms with van der Waals surface area (Å²) >= 11 is 0. The Labute approximate surface area is 89.0 Å². The van der Waals surface area contributed by atoms with Gasteiger partial charge in [-0.15, -0.1) is 0 Å². The minimum absolute atomic E-state index is 0.288. The zero-order chi connectivity index (χ0) is 10.7. The minimum atomic E-state index is 0.288. The van der Waals surface area contributed by atoms with Crippen LogP contribution in [0.2, 0.25) is 0 Å². The van der Waals surface area contributed by atoms with Crippen molar-refractivity contribution in [3.8, 4) is 0 Å². The lowest BCUT2D eigenvalue weighted by Gasteiger charge is -2.13. The molecule has 1 aromatic rings. The summed E-state index contributed by atoms with van der Waals surface area (Å²) in [5.41, 5.74) is 2.25. The predicted octanol–water partition coefficient (Wildman–Crippen LogP) is 1.64. The van der Waals surface area contributed by atoms with Crippen LogP contribution in [-0.4, -0.2) is 23.0 Å². The number of imidazole rings is 1. The molecule has 1 unspecified atom stereocenters. The predicted molar refractivity (Wildman–Crippen MR) is 55.4 cm³/mol. The summed E-state index contributed by atoms with van der Waals surface area (Å²) in [5, 5.41) is 0. The number of ether oxygens (including phenoxy) is 1. The second-order valence-corrected chi connectivity index (χ2v) is 3.99. The lowest BCUT2D eigenvalue weighted by molar-refractivity contribution is -0.129. The van der Waals surface area contributed by atoms with E-state index in [1.165, 1.54) is 18.5 Å². The molecule has 0 aromatic carbocycles. The number of nitrogens with one attached hydrogen (secondary N) is 1. The van der Waals surface area contributed by atoms with Gasteiger partial charge < -0.3 is 9.72 Å². The second kappa shape index (κ2) is 4.47. The third kappa shape index (κ3) is 2.19. The summed E-state index contributed by atoms with van der Waals surface area (Å²) in [6, 6.07) is 0. The fourth-order valence-electron chi connectivity index (χ4n) is 2.01. The van der Waals surface area contributed by atoms with Gasteiger partial charge in [0.15, 0.2) is 0 Å². The van der Waals surface area contributed by atoms with Gasteiger partial charge in [-0.2, -0.15) is 0 Å². The summed E-state index contributed by atoms with van der Waals surface area (Å²) in [5.74, 6) is 0.940. The van der Waals surface area contributed by atoms with E-state index in [1.54, 1.807) is 6.33 Å². The normalized spacial score (nSPS) is 17.4. The highest BCUT2D eigenvalue weighted by Crippen LogP contribution is 2.42. The van der Waals surface area contributed by atoms with E-state index in [-0.39, 0.29) is 5.92 Å². The molecule has 1 saturated carbocycles. The summed E-state index contributed by atoms with van der Waals surface area (Å²) < 4.78 is 4.89. The van der Waals surface area contributed by atoms with Crippen molar-refractivity contribution in [1.82, 2.24) is 9.97 Å². The minimum Gasteiger partial charge on any atom is -0.467 e. The molecule has 0 radical (unpaired) electrons. The maximum atomic E-state index is 10.2. The molecule has 1 aliphatic carbocycles. The number of aromatic nitrogens is 2. The molecule has 15 heavy (non-hydrogen) atoms. The third-order valence-electron chi connectivity index (χ3n) is 2.99. The fraction of sp³-hybridized carbons (Fsp3) is 0.636. The van der Waals surface area contributed by atoms with Gasteiger partial charge in [0.1, 0.15) is 0 Å². The summed E-state index contributed by atoms with van der Waals surface area (Å²) in [6.45, 7) is 3.08. The molecule has 82 valence electrons. The Balaban J connectivity index is 2.12. The van der Waals surface area contributed by atoms with Gasteiger partial charge in [-0.1, -0.05) is 6.92 Å². The van der Waals surface area contributed by atoms with Crippen molar-refractivity contribution in [2.75, 3.05) is 6.61 Å². The Morgan fingerprint density at radius 2 is 2.53 bits per heavy atom. The molecule has 0 spiro atoms. The number of carbonyl (C=O) groups excluding carboxylic acids is 1. The van der Waals surface area contributed by atoms with Gasteiger partial charge in [0.05, 0.1) is 18.6 Å². The Morgan fingerprint density at radius 1 is 1.73 bits per heavy atom. The van der Waals surface area contributed by atoms with Crippen LogP contribution >= 0.6 is 0 Å². The van der Waals surface area contributed by atoms with E-state index in [2.05, 4.69) is 16.9 Å². The number of carbonyl (C=O) groups is 1. The first-order chi connectivity index (χ1) is 7.36. The van der Waals surface area contributed by atoms with Gasteiger partial charge >= 0.3 is 0 Å². The molecule has 4 heteroatoms. The van der Waals surface area contributed by atoms with E-state index in [9.17, 15) is 4.79 Å². The number of aryl methyl sites for hydroxylation is 1. The molecule has 0 saturated heterocycles. The lowest BCUT2D eigenvalue weighted by atomic mass is 9.98. The molecule has 0 bridgehead atoms. The largest absolute Gasteiger partial charge is 0.467 e. The smallest absolute Gasteiger partial charge is 0.293 e. The monoisotopic (exact) mass is 208 g/mol. The molecular formula is C11H16N2O2. The van der Waals surface area contributed by atoms with Crippen molar-refractivity contribution in [3.63, 3.8) is 0 Å². The molecule has 1 aromatic heterocycles. The zero-order valence-corrected chi connectivity index (χ0v) is 8.90. The fourth-order valence-corrected chi connectivity index (χ4v) is 2.01. The number of H-pyrrole nitrogens is 1. The zero-order valence-electron chi connectivity index (χ0n) is 8.90. The van der Waals surface area contributed by atoms with E-state index in [0.29, 0.717) is 19.0 Å². The number of hydrogen-bond donors (Lipinski definition) is 1. The van der Waals surface area contributed by atoms with Gasteiger partial charge in [-0.05, 0) is 25.2 Å². The third-order valence-corrected chi connectivity index (χ3v) is 2.99. The Bertz CT molecular complexity index is 331. The first-order valence-electron chi connectivity index (χ1n) is 5.44. The van der Waals surface area contributed by atoms with Crippen LogP contribution < -0.4 is 0 Å². The van der Waals surface area contributed by atoms with Crippen LogP contribution in [0.4, 0.5) is 0 Å². The maximum Gasteiger partial charge on any atom is 0.293 e. The molecule has 1 fully saturated rings. The van der Waals surface area contributed by atoms with Gasteiger partial charge in [0, 0.05) is 11.6 Å². The van der Waals surface area contributed by atoms with Crippen molar-refractivity contribution in [3.05, 3.63) is 17.7 Å². The molecule has 2 rings (SSSR count). The topological polar surface area (TPSA) is 55.0 Å². The average molecular weight is 208 g/mol. The first-order valence-corrected chi connectivity index (χ1v) is 5.44. The SMILES string of the molecule is CCc1[nH]cnc1C(COC=O)C1CC1. The Kier molecular flexibility index (Phi) is 3.04. The van der Waals surface area contributed by atoms with E-state index in [4.69, 9.17) is 4.74 Å². The highest BCUT2D eigenvalue weighted by atomic mass is 16.5. The highest BCUT2D eigenvalue weighted by molar-refractivity contribution is 5.37. The van der Waals surface area contributed by atoms with Crippen LogP contribution in [0.3, 0.4) is 0 Å². The molecule has 0 aliphatic heterocycles. The standard InChI is InChI=1S/C11H16N2O2/c1-2-10-11(13-6-12-10)9(5-15-7-14)8-3-4-8/h6-9H,2-5H2,1H3,(H,12,13). The Morgan fingerprint density at radius 3 is 3.13 bits per heavy atom. The van der Waals surface area contributed by atoms with Crippen LogP contribution in [0.25, 0.3) is 0 Å². The molecule has 1 heterocycles. The van der Waals surface area contributed by atoms with E-state index < -0.39 is 0 Å². The van der Waals surface area contributed by atoms with Crippen LogP contribution in [0, 0.1) is 5.92 Å². The van der Waals surface area contributed by atoms with Crippen LogP contribution in [0.15, 0.2) is 6.33 Å². The van der Waals surface area contributed by atoms with Gasteiger partial charge in [-0.25, -0.2) is 4.98 Å². The maximum absolute atomic E-state index is 10.2. The quantitative estimate of drug-likeness (QED) is 0.723. The molecule has 1 N–H and O–H groups in total. The number of hydrogen-bond acceptors (Lipinski definition) is 3. The van der Waals surface area contributed by atoms with E-state index in [1.807, 2.05) is 0 Å². The van der Waals surface area contributed by atoms with Gasteiger partial charge in [-0.3, -0.25) is 4.79 Å². The van der Waals surface area contributed by atoms with Gasteiger partial charge in [0.25, 0.3) is 6.47 Å². The van der Waals surface area contributed by atoms with Crippen molar-refractivity contribution in [2.45, 2.75) is 32.1 Å². The summed E-state index contributed by atoms with van der Waals surface area (Å²) in [7, 11) is 0. The lowest BCUT2D eigenvalue weighted by Crippen LogP contribution is -2.12. The molecule has 4 nitrogen and oxygen atoms in total. The molecular weight excluding hydrogens is 192 g/mol. The molecule has 0 amide bonds. The van der Waals surface area contributed by atoms with Crippen LogP contribution in [0.5, 0.6) is 0 Å². The van der Waals surface area contributed by atoms with Crippen molar-refractivity contribution >= 4 is 6.47 Å².